The lowest BCUT2D eigenvalue weighted by molar-refractivity contribution is -0.122. The van der Waals surface area contributed by atoms with E-state index in [9.17, 15) is 9.90 Å². The van der Waals surface area contributed by atoms with Gasteiger partial charge >= 0.3 is 0 Å². The minimum absolute atomic E-state index is 0.0237. The van der Waals surface area contributed by atoms with Crippen molar-refractivity contribution in [3.63, 3.8) is 0 Å². The van der Waals surface area contributed by atoms with Crippen molar-refractivity contribution in [3.05, 3.63) is 65.7 Å². The molecule has 0 fully saturated rings. The first-order valence-corrected chi connectivity index (χ1v) is 10.4. The fourth-order valence-electron chi connectivity index (χ4n) is 3.13. The second-order valence-corrected chi connectivity index (χ2v) is 7.60. The molecule has 30 heavy (non-hydrogen) atoms. The Balaban J connectivity index is 1.87. The van der Waals surface area contributed by atoms with Crippen LogP contribution in [-0.2, 0) is 27.1 Å². The zero-order valence-electron chi connectivity index (χ0n) is 17.8. The van der Waals surface area contributed by atoms with Gasteiger partial charge in [0.25, 0.3) is 0 Å². The molecule has 2 rings (SSSR count). The first-order valence-electron chi connectivity index (χ1n) is 10.4. The molecule has 2 aromatic rings. The van der Waals surface area contributed by atoms with Gasteiger partial charge in [0, 0.05) is 6.42 Å². The predicted molar refractivity (Wildman–Crippen MR) is 116 cm³/mol. The standard InChI is InChI=1S/C24H33NO5/c1-18(15-26)30-19(2)16-29-17-22(14-21-8-11-23(27)12-9-21)25-24(28)13-10-20-6-4-3-5-7-20/h3-9,11-12,18-19,22,26-27H,10,13-17H2,1-2H3,(H,25,28). The van der Waals surface area contributed by atoms with Crippen LogP contribution in [0.4, 0.5) is 0 Å². The third-order valence-corrected chi connectivity index (χ3v) is 4.66. The van der Waals surface area contributed by atoms with Gasteiger partial charge < -0.3 is 25.0 Å². The Labute approximate surface area is 178 Å². The maximum atomic E-state index is 12.5. The van der Waals surface area contributed by atoms with Crippen LogP contribution < -0.4 is 5.32 Å². The molecule has 2 aromatic carbocycles. The molecule has 3 atom stereocenters. The lowest BCUT2D eigenvalue weighted by Crippen LogP contribution is -2.40. The SMILES string of the molecule is CC(CO)OC(C)COCC(Cc1ccc(O)cc1)NC(=O)CCc1ccccc1. The first-order chi connectivity index (χ1) is 14.5. The van der Waals surface area contributed by atoms with Gasteiger partial charge in [0.2, 0.25) is 5.91 Å². The molecule has 0 aliphatic rings. The Bertz CT molecular complexity index is 735. The highest BCUT2D eigenvalue weighted by atomic mass is 16.5. The van der Waals surface area contributed by atoms with E-state index in [1.165, 1.54) is 0 Å². The second kappa shape index (κ2) is 13.0. The van der Waals surface area contributed by atoms with Crippen LogP contribution in [0.1, 0.15) is 31.4 Å². The number of hydrogen-bond donors (Lipinski definition) is 3. The molecule has 1 amide bonds. The Hall–Kier alpha value is -2.41. The number of benzene rings is 2. The number of carbonyl (C=O) groups is 1. The monoisotopic (exact) mass is 415 g/mol. The lowest BCUT2D eigenvalue weighted by atomic mass is 10.1. The van der Waals surface area contributed by atoms with E-state index >= 15 is 0 Å². The number of aryl methyl sites for hydroxylation is 1. The summed E-state index contributed by atoms with van der Waals surface area (Å²) in [7, 11) is 0. The number of aromatic hydroxyl groups is 1. The molecule has 0 aliphatic heterocycles. The molecule has 0 aliphatic carbocycles. The summed E-state index contributed by atoms with van der Waals surface area (Å²) < 4.78 is 11.4. The van der Waals surface area contributed by atoms with Crippen LogP contribution in [0.3, 0.4) is 0 Å². The van der Waals surface area contributed by atoms with Crippen LogP contribution in [0, 0.1) is 0 Å². The van der Waals surface area contributed by atoms with Gasteiger partial charge in [-0.05, 0) is 49.9 Å². The van der Waals surface area contributed by atoms with Crippen LogP contribution in [0.25, 0.3) is 0 Å². The van der Waals surface area contributed by atoms with Gasteiger partial charge in [-0.25, -0.2) is 0 Å². The van der Waals surface area contributed by atoms with E-state index in [1.54, 1.807) is 19.1 Å². The van der Waals surface area contributed by atoms with E-state index in [4.69, 9.17) is 14.6 Å². The van der Waals surface area contributed by atoms with Crippen molar-refractivity contribution in [2.45, 2.75) is 51.4 Å². The number of nitrogens with one attached hydrogen (secondary N) is 1. The summed E-state index contributed by atoms with van der Waals surface area (Å²) in [6, 6.07) is 16.7. The Morgan fingerprint density at radius 2 is 1.67 bits per heavy atom. The summed E-state index contributed by atoms with van der Waals surface area (Å²) in [6.45, 7) is 4.37. The van der Waals surface area contributed by atoms with E-state index in [0.29, 0.717) is 32.5 Å². The van der Waals surface area contributed by atoms with Crippen molar-refractivity contribution < 1.29 is 24.5 Å². The molecule has 0 radical (unpaired) electrons. The fourth-order valence-corrected chi connectivity index (χ4v) is 3.13. The second-order valence-electron chi connectivity index (χ2n) is 7.60. The molecule has 0 aromatic heterocycles. The molecule has 6 heteroatoms. The Kier molecular flexibility index (Phi) is 10.3. The van der Waals surface area contributed by atoms with E-state index in [-0.39, 0.29) is 36.5 Å². The van der Waals surface area contributed by atoms with Crippen LogP contribution >= 0.6 is 0 Å². The number of amides is 1. The third kappa shape index (κ3) is 9.39. The topological polar surface area (TPSA) is 88.0 Å². The zero-order valence-corrected chi connectivity index (χ0v) is 17.8. The molecule has 3 unspecified atom stereocenters. The van der Waals surface area contributed by atoms with Crippen LogP contribution in [0.5, 0.6) is 5.75 Å². The van der Waals surface area contributed by atoms with Gasteiger partial charge in [-0.1, -0.05) is 42.5 Å². The summed E-state index contributed by atoms with van der Waals surface area (Å²) in [5.41, 5.74) is 2.13. The van der Waals surface area contributed by atoms with Gasteiger partial charge in [0.05, 0.1) is 38.1 Å². The van der Waals surface area contributed by atoms with Crippen LogP contribution in [-0.4, -0.2) is 54.2 Å². The average Bonchev–Trinajstić information content (AvgIpc) is 2.74. The molecule has 164 valence electrons. The van der Waals surface area contributed by atoms with E-state index in [1.807, 2.05) is 49.4 Å². The maximum Gasteiger partial charge on any atom is 0.220 e. The number of hydrogen-bond acceptors (Lipinski definition) is 5. The van der Waals surface area contributed by atoms with E-state index in [0.717, 1.165) is 11.1 Å². The van der Waals surface area contributed by atoms with Crippen molar-refractivity contribution in [2.24, 2.45) is 0 Å². The molecule has 6 nitrogen and oxygen atoms in total. The minimum Gasteiger partial charge on any atom is -0.508 e. The molecular formula is C24H33NO5. The predicted octanol–water partition coefficient (Wildman–Crippen LogP) is 2.85. The fraction of sp³-hybridized carbons (Fsp3) is 0.458. The highest BCUT2D eigenvalue weighted by Crippen LogP contribution is 2.12. The van der Waals surface area contributed by atoms with Crippen LogP contribution in [0.15, 0.2) is 54.6 Å². The smallest absolute Gasteiger partial charge is 0.220 e. The molecule has 0 saturated carbocycles. The number of rotatable bonds is 13. The molecule has 0 bridgehead atoms. The van der Waals surface area contributed by atoms with Gasteiger partial charge in [-0.2, -0.15) is 0 Å². The zero-order chi connectivity index (χ0) is 21.8. The number of phenolic OH excluding ortho intramolecular Hbond substituents is 1. The summed E-state index contributed by atoms with van der Waals surface area (Å²) in [6.07, 6.45) is 1.29. The van der Waals surface area contributed by atoms with Crippen molar-refractivity contribution in [1.29, 1.82) is 0 Å². The van der Waals surface area contributed by atoms with Crippen molar-refractivity contribution in [1.82, 2.24) is 5.32 Å². The summed E-state index contributed by atoms with van der Waals surface area (Å²) >= 11 is 0. The minimum atomic E-state index is -0.242. The van der Waals surface area contributed by atoms with E-state index in [2.05, 4.69) is 5.32 Å². The highest BCUT2D eigenvalue weighted by Gasteiger charge is 2.15. The molecule has 3 N–H and O–H groups in total. The maximum absolute atomic E-state index is 12.5. The normalized spacial score (nSPS) is 14.1. The average molecular weight is 416 g/mol. The molecule has 0 spiro atoms. The Morgan fingerprint density at radius 1 is 0.967 bits per heavy atom. The van der Waals surface area contributed by atoms with Crippen molar-refractivity contribution >= 4 is 5.91 Å². The lowest BCUT2D eigenvalue weighted by Gasteiger charge is -2.22. The van der Waals surface area contributed by atoms with E-state index < -0.39 is 0 Å². The van der Waals surface area contributed by atoms with Crippen molar-refractivity contribution in [3.8, 4) is 5.75 Å². The molecule has 0 heterocycles. The highest BCUT2D eigenvalue weighted by molar-refractivity contribution is 5.76. The third-order valence-electron chi connectivity index (χ3n) is 4.66. The van der Waals surface area contributed by atoms with Gasteiger partial charge in [0.15, 0.2) is 0 Å². The summed E-state index contributed by atoms with van der Waals surface area (Å²) in [5.74, 6) is 0.187. The molecule has 0 saturated heterocycles. The van der Waals surface area contributed by atoms with Gasteiger partial charge in [-0.3, -0.25) is 4.79 Å². The number of phenols is 1. The summed E-state index contributed by atoms with van der Waals surface area (Å²) in [4.78, 5) is 12.5. The van der Waals surface area contributed by atoms with Gasteiger partial charge in [0.1, 0.15) is 5.75 Å². The number of aliphatic hydroxyl groups excluding tert-OH is 1. The quantitative estimate of drug-likeness (QED) is 0.468. The van der Waals surface area contributed by atoms with Crippen molar-refractivity contribution in [2.75, 3.05) is 19.8 Å². The number of carbonyl (C=O) groups excluding carboxylic acids is 1. The molecular weight excluding hydrogens is 382 g/mol. The van der Waals surface area contributed by atoms with Crippen LogP contribution in [0.2, 0.25) is 0 Å². The van der Waals surface area contributed by atoms with Gasteiger partial charge in [-0.15, -0.1) is 0 Å². The summed E-state index contributed by atoms with van der Waals surface area (Å²) in [5, 5.41) is 21.6. The number of ether oxygens (including phenoxy) is 2. The number of aliphatic hydroxyl groups is 1. The Morgan fingerprint density at radius 3 is 2.33 bits per heavy atom. The largest absolute Gasteiger partial charge is 0.508 e. The first kappa shape index (κ1) is 23.9.